The summed E-state index contributed by atoms with van der Waals surface area (Å²) in [6.45, 7) is 2.49. The van der Waals surface area contributed by atoms with Crippen molar-refractivity contribution in [3.8, 4) is 0 Å². The molecule has 5 nitrogen and oxygen atoms in total. The lowest BCUT2D eigenvalue weighted by Crippen LogP contribution is -2.13. The molecule has 0 atom stereocenters. The standard InChI is InChI=1S/C12H15N3O2S2/c1-9-3-4-14-7-12(9)15-19(16,17)11-5-10(6-13-2)18-8-11/h3-5,7-8,13,15H,6H2,1-2H3. The van der Waals surface area contributed by atoms with Crippen molar-refractivity contribution in [3.05, 3.63) is 40.3 Å². The van der Waals surface area contributed by atoms with Crippen LogP contribution in [0.2, 0.25) is 0 Å². The first kappa shape index (κ1) is 14.0. The molecule has 0 spiro atoms. The minimum Gasteiger partial charge on any atom is -0.315 e. The van der Waals surface area contributed by atoms with Crippen LogP contribution >= 0.6 is 11.3 Å². The Hall–Kier alpha value is -1.44. The Labute approximate surface area is 116 Å². The number of hydrogen-bond donors (Lipinski definition) is 2. The molecule has 2 N–H and O–H groups in total. The van der Waals surface area contributed by atoms with Gasteiger partial charge in [-0.25, -0.2) is 8.42 Å². The maximum Gasteiger partial charge on any atom is 0.262 e. The molecule has 2 rings (SSSR count). The third-order valence-electron chi connectivity index (χ3n) is 2.57. The smallest absolute Gasteiger partial charge is 0.262 e. The Morgan fingerprint density at radius 3 is 2.89 bits per heavy atom. The summed E-state index contributed by atoms with van der Waals surface area (Å²) in [5.41, 5.74) is 1.34. The van der Waals surface area contributed by atoms with Gasteiger partial charge in [-0.05, 0) is 31.7 Å². The number of aromatic nitrogens is 1. The fourth-order valence-corrected chi connectivity index (χ4v) is 3.95. The molecule has 0 aromatic carbocycles. The van der Waals surface area contributed by atoms with Crippen LogP contribution in [0.25, 0.3) is 0 Å². The summed E-state index contributed by atoms with van der Waals surface area (Å²) in [5.74, 6) is 0. The van der Waals surface area contributed by atoms with Gasteiger partial charge in [0.05, 0.1) is 16.8 Å². The monoisotopic (exact) mass is 297 g/mol. The summed E-state index contributed by atoms with van der Waals surface area (Å²) in [4.78, 5) is 5.18. The van der Waals surface area contributed by atoms with Gasteiger partial charge < -0.3 is 5.32 Å². The van der Waals surface area contributed by atoms with E-state index >= 15 is 0 Å². The van der Waals surface area contributed by atoms with Crippen LogP contribution in [-0.2, 0) is 16.6 Å². The third kappa shape index (κ3) is 3.31. The summed E-state index contributed by atoms with van der Waals surface area (Å²) in [5, 5.41) is 4.63. The largest absolute Gasteiger partial charge is 0.315 e. The summed E-state index contributed by atoms with van der Waals surface area (Å²) >= 11 is 1.42. The molecule has 7 heteroatoms. The number of nitrogens with zero attached hydrogens (tertiary/aromatic N) is 1. The van der Waals surface area contributed by atoms with Crippen LogP contribution in [0.1, 0.15) is 10.4 Å². The van der Waals surface area contributed by atoms with Crippen molar-refractivity contribution in [2.24, 2.45) is 0 Å². The highest BCUT2D eigenvalue weighted by atomic mass is 32.2. The number of hydrogen-bond acceptors (Lipinski definition) is 5. The predicted octanol–water partition coefficient (Wildman–Crippen LogP) is 1.97. The molecule has 0 radical (unpaired) electrons. The lowest BCUT2D eigenvalue weighted by atomic mass is 10.3. The molecule has 0 saturated heterocycles. The summed E-state index contributed by atoms with van der Waals surface area (Å²) in [6, 6.07) is 3.44. The maximum atomic E-state index is 12.2. The van der Waals surface area contributed by atoms with Gasteiger partial charge in [-0.2, -0.15) is 0 Å². The Morgan fingerprint density at radius 1 is 1.42 bits per heavy atom. The van der Waals surface area contributed by atoms with E-state index in [-0.39, 0.29) is 4.90 Å². The van der Waals surface area contributed by atoms with Crippen molar-refractivity contribution in [2.45, 2.75) is 18.4 Å². The fourth-order valence-electron chi connectivity index (χ4n) is 1.54. The quantitative estimate of drug-likeness (QED) is 0.885. The second-order valence-electron chi connectivity index (χ2n) is 4.08. The zero-order valence-electron chi connectivity index (χ0n) is 10.7. The molecular formula is C12H15N3O2S2. The average Bonchev–Trinajstić information content (AvgIpc) is 2.82. The lowest BCUT2D eigenvalue weighted by Gasteiger charge is -2.08. The Morgan fingerprint density at radius 2 is 2.21 bits per heavy atom. The topological polar surface area (TPSA) is 71.1 Å². The van der Waals surface area contributed by atoms with E-state index < -0.39 is 10.0 Å². The van der Waals surface area contributed by atoms with Crippen LogP contribution < -0.4 is 10.0 Å². The molecular weight excluding hydrogens is 282 g/mol. The first-order valence-electron chi connectivity index (χ1n) is 5.68. The van der Waals surface area contributed by atoms with E-state index in [0.29, 0.717) is 12.2 Å². The third-order valence-corrected chi connectivity index (χ3v) is 5.01. The molecule has 0 aliphatic carbocycles. The van der Waals surface area contributed by atoms with Crippen molar-refractivity contribution in [1.29, 1.82) is 0 Å². The zero-order valence-corrected chi connectivity index (χ0v) is 12.3. The molecule has 0 aliphatic rings. The van der Waals surface area contributed by atoms with Gasteiger partial charge in [0.25, 0.3) is 10.0 Å². The van der Waals surface area contributed by atoms with Gasteiger partial charge in [0.2, 0.25) is 0 Å². The van der Waals surface area contributed by atoms with Gasteiger partial charge in [0.1, 0.15) is 0 Å². The van der Waals surface area contributed by atoms with Gasteiger partial charge in [-0.15, -0.1) is 11.3 Å². The number of rotatable bonds is 5. The van der Waals surface area contributed by atoms with Crippen molar-refractivity contribution in [3.63, 3.8) is 0 Å². The number of sulfonamides is 1. The van der Waals surface area contributed by atoms with Crippen LogP contribution in [0.4, 0.5) is 5.69 Å². The fraction of sp³-hybridized carbons (Fsp3) is 0.250. The Bertz CT molecular complexity index is 665. The van der Waals surface area contributed by atoms with Crippen molar-refractivity contribution in [2.75, 3.05) is 11.8 Å². The van der Waals surface area contributed by atoms with E-state index in [9.17, 15) is 8.42 Å². The SMILES string of the molecule is CNCc1cc(S(=O)(=O)Nc2cnccc2C)cs1. The van der Waals surface area contributed by atoms with Gasteiger partial charge in [0, 0.05) is 23.0 Å². The van der Waals surface area contributed by atoms with Crippen LogP contribution in [0, 0.1) is 6.92 Å². The number of pyridine rings is 1. The molecule has 2 aromatic heterocycles. The number of thiophene rings is 1. The molecule has 0 amide bonds. The normalized spacial score (nSPS) is 11.5. The molecule has 0 fully saturated rings. The molecule has 19 heavy (non-hydrogen) atoms. The van der Waals surface area contributed by atoms with Crippen LogP contribution in [-0.4, -0.2) is 20.4 Å². The van der Waals surface area contributed by atoms with E-state index in [1.807, 2.05) is 14.0 Å². The van der Waals surface area contributed by atoms with Crippen LogP contribution in [0.15, 0.2) is 34.8 Å². The van der Waals surface area contributed by atoms with E-state index in [0.717, 1.165) is 10.4 Å². The molecule has 0 aliphatic heterocycles. The molecule has 0 bridgehead atoms. The van der Waals surface area contributed by atoms with Crippen molar-refractivity contribution in [1.82, 2.24) is 10.3 Å². The first-order valence-corrected chi connectivity index (χ1v) is 8.04. The summed E-state index contributed by atoms with van der Waals surface area (Å²) in [7, 11) is -1.72. The van der Waals surface area contributed by atoms with Gasteiger partial charge in [-0.3, -0.25) is 9.71 Å². The number of anilines is 1. The van der Waals surface area contributed by atoms with E-state index in [1.54, 1.807) is 23.7 Å². The van der Waals surface area contributed by atoms with Crippen molar-refractivity contribution >= 4 is 27.0 Å². The summed E-state index contributed by atoms with van der Waals surface area (Å²) in [6.07, 6.45) is 3.14. The minimum absolute atomic E-state index is 0.283. The lowest BCUT2D eigenvalue weighted by molar-refractivity contribution is 0.601. The number of nitrogens with one attached hydrogen (secondary N) is 2. The van der Waals surface area contributed by atoms with Crippen LogP contribution in [0.5, 0.6) is 0 Å². The van der Waals surface area contributed by atoms with Gasteiger partial charge in [-0.1, -0.05) is 0 Å². The highest BCUT2D eigenvalue weighted by Gasteiger charge is 2.17. The first-order chi connectivity index (χ1) is 9.03. The highest BCUT2D eigenvalue weighted by Crippen LogP contribution is 2.22. The van der Waals surface area contributed by atoms with Gasteiger partial charge in [0.15, 0.2) is 0 Å². The zero-order chi connectivity index (χ0) is 13.9. The van der Waals surface area contributed by atoms with E-state index in [2.05, 4.69) is 15.0 Å². The molecule has 2 aromatic rings. The minimum atomic E-state index is -3.54. The Kier molecular flexibility index (Phi) is 4.18. The second-order valence-corrected chi connectivity index (χ2v) is 6.75. The summed E-state index contributed by atoms with van der Waals surface area (Å²) < 4.78 is 27.0. The van der Waals surface area contributed by atoms with Crippen LogP contribution in [0.3, 0.4) is 0 Å². The highest BCUT2D eigenvalue weighted by molar-refractivity contribution is 7.92. The predicted molar refractivity (Wildman–Crippen MR) is 76.9 cm³/mol. The number of aryl methyl sites for hydroxylation is 1. The maximum absolute atomic E-state index is 12.2. The average molecular weight is 297 g/mol. The van der Waals surface area contributed by atoms with Crippen molar-refractivity contribution < 1.29 is 8.42 Å². The Balaban J connectivity index is 2.25. The van der Waals surface area contributed by atoms with Gasteiger partial charge >= 0.3 is 0 Å². The van der Waals surface area contributed by atoms with E-state index in [4.69, 9.17) is 0 Å². The molecule has 2 heterocycles. The molecule has 0 saturated carbocycles. The molecule has 102 valence electrons. The van der Waals surface area contributed by atoms with E-state index in [1.165, 1.54) is 17.5 Å². The second kappa shape index (κ2) is 5.68. The molecule has 0 unspecified atom stereocenters.